The van der Waals surface area contributed by atoms with E-state index < -0.39 is 18.0 Å². The lowest BCUT2D eigenvalue weighted by molar-refractivity contribution is 0.0974. The van der Waals surface area contributed by atoms with E-state index in [4.69, 9.17) is 0 Å². The second-order valence-corrected chi connectivity index (χ2v) is 7.04. The molecule has 4 aromatic rings. The number of alkyl halides is 1. The number of carbonyl (C=O) groups is 1. The van der Waals surface area contributed by atoms with E-state index in [9.17, 15) is 13.6 Å². The van der Waals surface area contributed by atoms with Gasteiger partial charge >= 0.3 is 6.03 Å². The van der Waals surface area contributed by atoms with Crippen molar-refractivity contribution in [3.63, 3.8) is 0 Å². The summed E-state index contributed by atoms with van der Waals surface area (Å²) in [5, 5.41) is 2.66. The number of hydrogen-bond donors (Lipinski definition) is 1. The van der Waals surface area contributed by atoms with Gasteiger partial charge in [-0.3, -0.25) is 9.38 Å². The number of pyridine rings is 1. The van der Waals surface area contributed by atoms with Gasteiger partial charge in [0.2, 0.25) is 5.78 Å². The van der Waals surface area contributed by atoms with Crippen LogP contribution in [0.25, 0.3) is 28.2 Å². The van der Waals surface area contributed by atoms with Crippen LogP contribution in [-0.2, 0) is 0 Å². The molecule has 0 aliphatic carbocycles. The van der Waals surface area contributed by atoms with E-state index in [1.807, 2.05) is 18.3 Å². The van der Waals surface area contributed by atoms with Gasteiger partial charge in [-0.15, -0.1) is 0 Å². The smallest absolute Gasteiger partial charge is 0.319 e. The molecule has 3 aromatic heterocycles. The molecule has 0 bridgehead atoms. The van der Waals surface area contributed by atoms with E-state index in [1.165, 1.54) is 23.1 Å². The standard InChI is InChI=1S/C21H16F2N6O/c22-15-10-29(11-15)21(30)26-16-3-4-18(23)17(6-16)19-12-28-9-14(8-25-20(28)27-19)13-2-1-5-24-7-13/h1-9,12,15H,10-11H2,(H,26,30). The van der Waals surface area contributed by atoms with Gasteiger partial charge < -0.3 is 10.2 Å². The molecule has 9 heteroatoms. The maximum absolute atomic E-state index is 14.5. The molecule has 30 heavy (non-hydrogen) atoms. The third kappa shape index (κ3) is 3.34. The summed E-state index contributed by atoms with van der Waals surface area (Å²) in [6.07, 6.45) is 7.64. The van der Waals surface area contributed by atoms with Crippen LogP contribution in [-0.4, -0.2) is 49.5 Å². The number of anilines is 1. The number of urea groups is 1. The Balaban J connectivity index is 1.45. The summed E-state index contributed by atoms with van der Waals surface area (Å²) in [5.74, 6) is -0.0577. The zero-order valence-electron chi connectivity index (χ0n) is 15.7. The normalized spacial score (nSPS) is 14.0. The average molecular weight is 406 g/mol. The Kier molecular flexibility index (Phi) is 4.35. The molecular formula is C21H16F2N6O. The summed E-state index contributed by atoms with van der Waals surface area (Å²) in [6.45, 7) is 0.133. The Morgan fingerprint density at radius 3 is 2.77 bits per heavy atom. The highest BCUT2D eigenvalue weighted by Gasteiger charge is 2.30. The highest BCUT2D eigenvalue weighted by atomic mass is 19.1. The van der Waals surface area contributed by atoms with E-state index in [0.717, 1.165) is 11.1 Å². The molecule has 1 aromatic carbocycles. The third-order valence-electron chi connectivity index (χ3n) is 4.92. The molecule has 0 saturated carbocycles. The number of halogens is 2. The first-order valence-corrected chi connectivity index (χ1v) is 9.32. The van der Waals surface area contributed by atoms with E-state index in [-0.39, 0.29) is 18.7 Å². The molecule has 1 aliphatic rings. The fourth-order valence-electron chi connectivity index (χ4n) is 3.29. The number of likely N-dealkylation sites (tertiary alicyclic amines) is 1. The summed E-state index contributed by atoms with van der Waals surface area (Å²) in [4.78, 5) is 26.3. The highest BCUT2D eigenvalue weighted by Crippen LogP contribution is 2.27. The number of benzene rings is 1. The first-order chi connectivity index (χ1) is 14.6. The van der Waals surface area contributed by atoms with Crippen molar-refractivity contribution < 1.29 is 13.6 Å². The predicted octanol–water partition coefficient (Wildman–Crippen LogP) is 3.78. The van der Waals surface area contributed by atoms with Gasteiger partial charge in [0.1, 0.15) is 12.0 Å². The van der Waals surface area contributed by atoms with Gasteiger partial charge in [-0.2, -0.15) is 0 Å². The average Bonchev–Trinajstić information content (AvgIpc) is 3.16. The summed E-state index contributed by atoms with van der Waals surface area (Å²) in [7, 11) is 0. The van der Waals surface area contributed by atoms with Crippen LogP contribution < -0.4 is 5.32 Å². The minimum atomic E-state index is -0.985. The van der Waals surface area contributed by atoms with Gasteiger partial charge in [-0.1, -0.05) is 6.07 Å². The number of carbonyl (C=O) groups excluding carboxylic acids is 1. The first kappa shape index (κ1) is 18.2. The molecule has 7 nitrogen and oxygen atoms in total. The summed E-state index contributed by atoms with van der Waals surface area (Å²) in [6, 6.07) is 7.56. The predicted molar refractivity (Wildman–Crippen MR) is 107 cm³/mol. The van der Waals surface area contributed by atoms with E-state index in [0.29, 0.717) is 17.2 Å². The molecule has 2 amide bonds. The van der Waals surface area contributed by atoms with Gasteiger partial charge in [-0.05, 0) is 24.3 Å². The number of nitrogens with zero attached hydrogens (tertiary/aromatic N) is 5. The first-order valence-electron chi connectivity index (χ1n) is 9.32. The molecular weight excluding hydrogens is 390 g/mol. The van der Waals surface area contributed by atoms with E-state index in [2.05, 4.69) is 20.3 Å². The molecule has 1 fully saturated rings. The lowest BCUT2D eigenvalue weighted by Crippen LogP contribution is -2.53. The second-order valence-electron chi connectivity index (χ2n) is 7.04. The van der Waals surface area contributed by atoms with Gasteiger partial charge in [0, 0.05) is 53.4 Å². The van der Waals surface area contributed by atoms with Crippen molar-refractivity contribution in [1.82, 2.24) is 24.3 Å². The number of hydrogen-bond acceptors (Lipinski definition) is 4. The molecule has 1 saturated heterocycles. The number of imidazole rings is 1. The van der Waals surface area contributed by atoms with Crippen LogP contribution in [0, 0.1) is 5.82 Å². The second kappa shape index (κ2) is 7.18. The maximum Gasteiger partial charge on any atom is 0.322 e. The molecule has 0 radical (unpaired) electrons. The Morgan fingerprint density at radius 2 is 2.00 bits per heavy atom. The quantitative estimate of drug-likeness (QED) is 0.562. The largest absolute Gasteiger partial charge is 0.322 e. The van der Waals surface area contributed by atoms with Crippen molar-refractivity contribution >= 4 is 17.5 Å². The van der Waals surface area contributed by atoms with Crippen molar-refractivity contribution in [3.05, 3.63) is 67.1 Å². The molecule has 0 atom stereocenters. The SMILES string of the molecule is O=C(Nc1ccc(F)c(-c2cn3cc(-c4cccnc4)cnc3n2)c1)N1CC(F)C1. The number of fused-ring (bicyclic) bond motifs is 1. The van der Waals surface area contributed by atoms with Crippen LogP contribution in [0.4, 0.5) is 19.3 Å². The molecule has 5 rings (SSSR count). The fraction of sp³-hybridized carbons (Fsp3) is 0.143. The zero-order chi connectivity index (χ0) is 20.7. The van der Waals surface area contributed by atoms with Crippen molar-refractivity contribution in [2.75, 3.05) is 18.4 Å². The lowest BCUT2D eigenvalue weighted by Gasteiger charge is -2.34. The van der Waals surface area contributed by atoms with Crippen molar-refractivity contribution in [1.29, 1.82) is 0 Å². The molecule has 4 heterocycles. The van der Waals surface area contributed by atoms with Gasteiger partial charge in [0.05, 0.1) is 18.8 Å². The van der Waals surface area contributed by atoms with Crippen LogP contribution in [0.5, 0.6) is 0 Å². The van der Waals surface area contributed by atoms with Crippen LogP contribution in [0.15, 0.2) is 61.3 Å². The molecule has 0 spiro atoms. The fourth-order valence-corrected chi connectivity index (χ4v) is 3.29. The van der Waals surface area contributed by atoms with Crippen LogP contribution >= 0.6 is 0 Å². The number of nitrogens with one attached hydrogen (secondary N) is 1. The highest BCUT2D eigenvalue weighted by molar-refractivity contribution is 5.90. The number of aromatic nitrogens is 4. The van der Waals surface area contributed by atoms with E-state index >= 15 is 0 Å². The Morgan fingerprint density at radius 1 is 1.13 bits per heavy atom. The topological polar surface area (TPSA) is 75.4 Å². The molecule has 1 N–H and O–H groups in total. The minimum Gasteiger partial charge on any atom is -0.319 e. The summed E-state index contributed by atoms with van der Waals surface area (Å²) in [5.41, 5.74) is 2.77. The van der Waals surface area contributed by atoms with Crippen molar-refractivity contribution in [3.8, 4) is 22.4 Å². The van der Waals surface area contributed by atoms with Gasteiger partial charge in [-0.25, -0.2) is 23.5 Å². The monoisotopic (exact) mass is 406 g/mol. The van der Waals surface area contributed by atoms with Gasteiger partial charge in [0.15, 0.2) is 0 Å². The minimum absolute atomic E-state index is 0.0667. The van der Waals surface area contributed by atoms with Crippen molar-refractivity contribution in [2.45, 2.75) is 6.17 Å². The van der Waals surface area contributed by atoms with E-state index in [1.54, 1.807) is 29.2 Å². The zero-order valence-corrected chi connectivity index (χ0v) is 15.7. The van der Waals surface area contributed by atoms with Gasteiger partial charge in [0.25, 0.3) is 0 Å². The Hall–Kier alpha value is -3.88. The lowest BCUT2D eigenvalue weighted by atomic mass is 10.1. The molecule has 1 aliphatic heterocycles. The Labute approximate surface area is 170 Å². The summed E-state index contributed by atoms with van der Waals surface area (Å²) >= 11 is 0. The summed E-state index contributed by atoms with van der Waals surface area (Å²) < 4.78 is 29.2. The van der Waals surface area contributed by atoms with Crippen LogP contribution in [0.3, 0.4) is 0 Å². The molecule has 0 unspecified atom stereocenters. The van der Waals surface area contributed by atoms with Crippen molar-refractivity contribution in [2.24, 2.45) is 0 Å². The molecule has 150 valence electrons. The maximum atomic E-state index is 14.5. The number of rotatable bonds is 3. The Bertz CT molecular complexity index is 1240. The van der Waals surface area contributed by atoms with Crippen LogP contribution in [0.2, 0.25) is 0 Å². The third-order valence-corrected chi connectivity index (χ3v) is 4.92. The van der Waals surface area contributed by atoms with Crippen LogP contribution in [0.1, 0.15) is 0 Å². The number of amides is 2.